The molecule has 3 heteroatoms. The van der Waals surface area contributed by atoms with Crippen LogP contribution < -0.4 is 5.32 Å². The van der Waals surface area contributed by atoms with Gasteiger partial charge in [0.15, 0.2) is 0 Å². The van der Waals surface area contributed by atoms with Crippen molar-refractivity contribution in [3.05, 3.63) is 35.4 Å². The molecule has 3 nitrogen and oxygen atoms in total. The van der Waals surface area contributed by atoms with Crippen molar-refractivity contribution in [1.29, 1.82) is 5.26 Å². The van der Waals surface area contributed by atoms with E-state index in [0.29, 0.717) is 6.04 Å². The Morgan fingerprint density at radius 2 is 2.44 bits per heavy atom. The maximum absolute atomic E-state index is 8.80. The van der Waals surface area contributed by atoms with Crippen molar-refractivity contribution < 1.29 is 4.74 Å². The quantitative estimate of drug-likeness (QED) is 0.832. The van der Waals surface area contributed by atoms with Crippen molar-refractivity contribution in [3.8, 4) is 6.07 Å². The van der Waals surface area contributed by atoms with Crippen LogP contribution in [-0.2, 0) is 11.2 Å². The number of ether oxygens (including phenoxy) is 1. The summed E-state index contributed by atoms with van der Waals surface area (Å²) >= 11 is 0. The molecule has 1 aliphatic heterocycles. The lowest BCUT2D eigenvalue weighted by molar-refractivity contribution is 0.0743. The fourth-order valence-corrected chi connectivity index (χ4v) is 1.94. The molecular formula is C13H16N2O. The topological polar surface area (TPSA) is 45.0 Å². The highest BCUT2D eigenvalue weighted by molar-refractivity contribution is 5.32. The molecule has 0 saturated carbocycles. The van der Waals surface area contributed by atoms with Crippen LogP contribution in [0.4, 0.5) is 0 Å². The molecule has 1 N–H and O–H groups in total. The molecule has 1 heterocycles. The minimum Gasteiger partial charge on any atom is -0.379 e. The third-order valence-corrected chi connectivity index (χ3v) is 2.84. The molecular weight excluding hydrogens is 200 g/mol. The van der Waals surface area contributed by atoms with Gasteiger partial charge in [0, 0.05) is 12.6 Å². The third-order valence-electron chi connectivity index (χ3n) is 2.84. The van der Waals surface area contributed by atoms with Gasteiger partial charge in [0.2, 0.25) is 0 Å². The number of hydrogen-bond donors (Lipinski definition) is 1. The summed E-state index contributed by atoms with van der Waals surface area (Å²) in [5.74, 6) is 0. The molecule has 1 fully saturated rings. The molecule has 1 aliphatic rings. The number of nitrogens with one attached hydrogen (secondary N) is 1. The highest BCUT2D eigenvalue weighted by Crippen LogP contribution is 2.09. The van der Waals surface area contributed by atoms with Gasteiger partial charge in [0.05, 0.1) is 24.8 Å². The molecule has 0 radical (unpaired) electrons. The van der Waals surface area contributed by atoms with Crippen molar-refractivity contribution in [3.63, 3.8) is 0 Å². The van der Waals surface area contributed by atoms with Crippen LogP contribution in [0.2, 0.25) is 0 Å². The largest absolute Gasteiger partial charge is 0.379 e. The Balaban J connectivity index is 1.86. The maximum Gasteiger partial charge on any atom is 0.0991 e. The Morgan fingerprint density at radius 1 is 1.50 bits per heavy atom. The number of nitriles is 1. The predicted octanol–water partition coefficient (Wildman–Crippen LogP) is 1.48. The van der Waals surface area contributed by atoms with Gasteiger partial charge < -0.3 is 10.1 Å². The molecule has 84 valence electrons. The molecule has 1 atom stereocenters. The lowest BCUT2D eigenvalue weighted by atomic mass is 10.0. The second-order valence-corrected chi connectivity index (χ2v) is 4.08. The van der Waals surface area contributed by atoms with Crippen LogP contribution in [-0.4, -0.2) is 25.8 Å². The lowest BCUT2D eigenvalue weighted by Crippen LogP contribution is -2.41. The summed E-state index contributed by atoms with van der Waals surface area (Å²) in [6.45, 7) is 2.57. The van der Waals surface area contributed by atoms with E-state index in [1.165, 1.54) is 5.56 Å². The zero-order chi connectivity index (χ0) is 11.2. The summed E-state index contributed by atoms with van der Waals surface area (Å²) in [5.41, 5.74) is 1.97. The van der Waals surface area contributed by atoms with E-state index in [1.807, 2.05) is 18.2 Å². The third kappa shape index (κ3) is 3.06. The minimum absolute atomic E-state index is 0.458. The second kappa shape index (κ2) is 5.64. The average molecular weight is 216 g/mol. The van der Waals surface area contributed by atoms with Crippen LogP contribution in [0.15, 0.2) is 24.3 Å². The zero-order valence-corrected chi connectivity index (χ0v) is 9.28. The summed E-state index contributed by atoms with van der Waals surface area (Å²) in [5, 5.41) is 12.2. The van der Waals surface area contributed by atoms with Gasteiger partial charge in [-0.2, -0.15) is 5.26 Å². The van der Waals surface area contributed by atoms with Gasteiger partial charge in [-0.25, -0.2) is 0 Å². The molecule has 0 aliphatic carbocycles. The van der Waals surface area contributed by atoms with E-state index in [1.54, 1.807) is 0 Å². The molecule has 2 rings (SSSR count). The first kappa shape index (κ1) is 11.1. The Morgan fingerprint density at radius 3 is 3.19 bits per heavy atom. The fraction of sp³-hybridized carbons (Fsp3) is 0.462. The molecule has 1 aromatic rings. The van der Waals surface area contributed by atoms with Crippen molar-refractivity contribution >= 4 is 0 Å². The van der Waals surface area contributed by atoms with Crippen LogP contribution >= 0.6 is 0 Å². The van der Waals surface area contributed by atoms with Crippen LogP contribution in [0, 0.1) is 11.3 Å². The van der Waals surface area contributed by atoms with Crippen LogP contribution in [0.5, 0.6) is 0 Å². The van der Waals surface area contributed by atoms with E-state index >= 15 is 0 Å². The van der Waals surface area contributed by atoms with Gasteiger partial charge >= 0.3 is 0 Å². The van der Waals surface area contributed by atoms with Gasteiger partial charge in [-0.1, -0.05) is 12.1 Å². The van der Waals surface area contributed by atoms with Gasteiger partial charge in [-0.05, 0) is 30.5 Å². The molecule has 0 bridgehead atoms. The number of hydrogen-bond acceptors (Lipinski definition) is 3. The maximum atomic E-state index is 8.80. The Hall–Kier alpha value is -1.37. The average Bonchev–Trinajstić information content (AvgIpc) is 2.38. The number of nitrogens with zero attached hydrogens (tertiary/aromatic N) is 1. The SMILES string of the molecule is N#Cc1cccc(CCC2COCCN2)c1. The first-order valence-corrected chi connectivity index (χ1v) is 5.68. The van der Waals surface area contributed by atoms with Crippen LogP contribution in [0.1, 0.15) is 17.5 Å². The van der Waals surface area contributed by atoms with Gasteiger partial charge in [-0.3, -0.25) is 0 Å². The fourth-order valence-electron chi connectivity index (χ4n) is 1.94. The Kier molecular flexibility index (Phi) is 3.92. The minimum atomic E-state index is 0.458. The molecule has 1 saturated heterocycles. The van der Waals surface area contributed by atoms with Crippen LogP contribution in [0.25, 0.3) is 0 Å². The monoisotopic (exact) mass is 216 g/mol. The molecule has 1 unspecified atom stereocenters. The number of rotatable bonds is 3. The lowest BCUT2D eigenvalue weighted by Gasteiger charge is -2.23. The summed E-state index contributed by atoms with van der Waals surface area (Å²) in [7, 11) is 0. The zero-order valence-electron chi connectivity index (χ0n) is 9.28. The summed E-state index contributed by atoms with van der Waals surface area (Å²) in [4.78, 5) is 0. The first-order valence-electron chi connectivity index (χ1n) is 5.68. The highest BCUT2D eigenvalue weighted by atomic mass is 16.5. The van der Waals surface area contributed by atoms with E-state index in [2.05, 4.69) is 17.5 Å². The molecule has 16 heavy (non-hydrogen) atoms. The first-order chi connectivity index (χ1) is 7.88. The van der Waals surface area contributed by atoms with E-state index in [4.69, 9.17) is 10.00 Å². The van der Waals surface area contributed by atoms with E-state index in [-0.39, 0.29) is 0 Å². The summed E-state index contributed by atoms with van der Waals surface area (Å²) in [6, 6.07) is 10.4. The molecule has 0 spiro atoms. The predicted molar refractivity (Wildman–Crippen MR) is 62.1 cm³/mol. The Labute approximate surface area is 96.0 Å². The second-order valence-electron chi connectivity index (χ2n) is 4.08. The van der Waals surface area contributed by atoms with Gasteiger partial charge in [0.25, 0.3) is 0 Å². The van der Waals surface area contributed by atoms with E-state index in [0.717, 1.165) is 38.2 Å². The van der Waals surface area contributed by atoms with Crippen molar-refractivity contribution in [2.24, 2.45) is 0 Å². The number of morpholine rings is 1. The van der Waals surface area contributed by atoms with Crippen molar-refractivity contribution in [1.82, 2.24) is 5.32 Å². The van der Waals surface area contributed by atoms with E-state index < -0.39 is 0 Å². The number of benzene rings is 1. The van der Waals surface area contributed by atoms with Crippen LogP contribution in [0.3, 0.4) is 0 Å². The highest BCUT2D eigenvalue weighted by Gasteiger charge is 2.12. The van der Waals surface area contributed by atoms with Gasteiger partial charge in [0.1, 0.15) is 0 Å². The summed E-state index contributed by atoms with van der Waals surface area (Å²) in [6.07, 6.45) is 2.06. The summed E-state index contributed by atoms with van der Waals surface area (Å²) < 4.78 is 5.40. The Bertz CT molecular complexity index is 378. The van der Waals surface area contributed by atoms with Crippen molar-refractivity contribution in [2.45, 2.75) is 18.9 Å². The smallest absolute Gasteiger partial charge is 0.0991 e. The van der Waals surface area contributed by atoms with Gasteiger partial charge in [-0.15, -0.1) is 0 Å². The van der Waals surface area contributed by atoms with Crippen molar-refractivity contribution in [2.75, 3.05) is 19.8 Å². The standard InChI is InChI=1S/C13H16N2O/c14-9-12-3-1-2-11(8-12)4-5-13-10-16-7-6-15-13/h1-3,8,13,15H,4-7,10H2. The van der Waals surface area contributed by atoms with E-state index in [9.17, 15) is 0 Å². The molecule has 0 aromatic heterocycles. The molecule has 1 aromatic carbocycles. The normalized spacial score (nSPS) is 20.3. The number of aryl methyl sites for hydroxylation is 1. The molecule has 0 amide bonds.